The van der Waals surface area contributed by atoms with Gasteiger partial charge in [-0.3, -0.25) is 0 Å². The number of benzene rings is 2. The Morgan fingerprint density at radius 2 is 1.84 bits per heavy atom. The van der Waals surface area contributed by atoms with Gasteiger partial charge < -0.3 is 9.30 Å². The number of hydrogen-bond acceptors (Lipinski definition) is 2. The fourth-order valence-electron chi connectivity index (χ4n) is 3.09. The molecule has 3 nitrogen and oxygen atoms in total. The van der Waals surface area contributed by atoms with Gasteiger partial charge in [0.2, 0.25) is 0 Å². The van der Waals surface area contributed by atoms with Gasteiger partial charge in [0, 0.05) is 18.2 Å². The minimum Gasteiger partial charge on any atom is -0.373 e. The molecule has 2 aromatic carbocycles. The van der Waals surface area contributed by atoms with E-state index in [-0.39, 0.29) is 0 Å². The van der Waals surface area contributed by atoms with Crippen molar-refractivity contribution >= 4 is 22.6 Å². The van der Waals surface area contributed by atoms with Gasteiger partial charge >= 0.3 is 0 Å². The Bertz CT molecular complexity index is 894. The second kappa shape index (κ2) is 6.81. The lowest BCUT2D eigenvalue weighted by Gasteiger charge is -2.11. The van der Waals surface area contributed by atoms with Crippen LogP contribution in [0.1, 0.15) is 35.4 Å². The third-order valence-electron chi connectivity index (χ3n) is 4.98. The van der Waals surface area contributed by atoms with E-state index >= 15 is 0 Å². The average molecular weight is 355 g/mol. The third kappa shape index (κ3) is 3.73. The van der Waals surface area contributed by atoms with Gasteiger partial charge in [0.25, 0.3) is 0 Å². The van der Waals surface area contributed by atoms with Crippen molar-refractivity contribution in [2.24, 2.45) is 5.92 Å². The highest BCUT2D eigenvalue weighted by atomic mass is 35.5. The smallest absolute Gasteiger partial charge is 0.136 e. The van der Waals surface area contributed by atoms with Gasteiger partial charge in [0.15, 0.2) is 0 Å². The minimum absolute atomic E-state index is 0.566. The van der Waals surface area contributed by atoms with Crippen LogP contribution in [0, 0.1) is 19.8 Å². The number of halogens is 1. The fourth-order valence-corrected chi connectivity index (χ4v) is 3.22. The van der Waals surface area contributed by atoms with E-state index in [1.165, 1.54) is 35.0 Å². The molecule has 4 heteroatoms. The summed E-state index contributed by atoms with van der Waals surface area (Å²) in [4.78, 5) is 4.86. The van der Waals surface area contributed by atoms with Crippen LogP contribution in [0.5, 0.6) is 0 Å². The molecule has 0 atom stereocenters. The number of imidazole rings is 1. The minimum atomic E-state index is 0.566. The maximum Gasteiger partial charge on any atom is 0.136 e. The van der Waals surface area contributed by atoms with E-state index in [0.29, 0.717) is 6.61 Å². The summed E-state index contributed by atoms with van der Waals surface area (Å²) >= 11 is 6.02. The van der Waals surface area contributed by atoms with Gasteiger partial charge in [-0.05, 0) is 73.6 Å². The van der Waals surface area contributed by atoms with E-state index in [9.17, 15) is 0 Å². The molecule has 3 aromatic rings. The fraction of sp³-hybridized carbons (Fsp3) is 0.381. The Hall–Kier alpha value is -1.84. The first-order valence-corrected chi connectivity index (χ1v) is 9.26. The Labute approximate surface area is 153 Å². The number of hydrogen-bond donors (Lipinski definition) is 0. The van der Waals surface area contributed by atoms with Crippen molar-refractivity contribution in [3.8, 4) is 0 Å². The molecule has 0 unspecified atom stereocenters. The standard InChI is InChI=1S/C21H23ClN2O/c1-14-9-19-20(10-15(14)2)24(11-16-5-7-18(22)8-6-16)21(23-19)13-25-12-17-3-4-17/h5-10,17H,3-4,11-13H2,1-2H3. The first kappa shape index (κ1) is 16.6. The lowest BCUT2D eigenvalue weighted by atomic mass is 10.1. The maximum absolute atomic E-state index is 6.02. The molecule has 0 aliphatic heterocycles. The zero-order valence-electron chi connectivity index (χ0n) is 14.8. The zero-order chi connectivity index (χ0) is 17.4. The first-order valence-electron chi connectivity index (χ1n) is 8.88. The number of fused-ring (bicyclic) bond motifs is 1. The molecule has 0 saturated heterocycles. The molecule has 1 fully saturated rings. The van der Waals surface area contributed by atoms with Crippen LogP contribution in [0.4, 0.5) is 0 Å². The van der Waals surface area contributed by atoms with Crippen molar-refractivity contribution in [3.63, 3.8) is 0 Å². The normalized spacial score (nSPS) is 14.4. The van der Waals surface area contributed by atoms with E-state index < -0.39 is 0 Å². The molecule has 0 spiro atoms. The van der Waals surface area contributed by atoms with Crippen molar-refractivity contribution < 1.29 is 4.74 Å². The second-order valence-corrected chi connectivity index (χ2v) is 7.56. The van der Waals surface area contributed by atoms with E-state index in [2.05, 4.69) is 42.7 Å². The molecule has 130 valence electrons. The Morgan fingerprint density at radius 1 is 1.12 bits per heavy atom. The van der Waals surface area contributed by atoms with Crippen LogP contribution in [-0.4, -0.2) is 16.2 Å². The maximum atomic E-state index is 6.02. The highest BCUT2D eigenvalue weighted by molar-refractivity contribution is 6.30. The van der Waals surface area contributed by atoms with Crippen LogP contribution in [0.2, 0.25) is 5.02 Å². The summed E-state index contributed by atoms with van der Waals surface area (Å²) in [5.41, 5.74) is 5.99. The van der Waals surface area contributed by atoms with Crippen LogP contribution in [-0.2, 0) is 17.9 Å². The molecule has 0 bridgehead atoms. The summed E-state index contributed by atoms with van der Waals surface area (Å²) in [5, 5.41) is 0.763. The summed E-state index contributed by atoms with van der Waals surface area (Å²) in [6, 6.07) is 12.4. The quantitative estimate of drug-likeness (QED) is 0.602. The Balaban J connectivity index is 1.68. The summed E-state index contributed by atoms with van der Waals surface area (Å²) in [6.45, 7) is 6.48. The van der Waals surface area contributed by atoms with Gasteiger partial charge in [-0.15, -0.1) is 0 Å². The molecule has 4 rings (SSSR count). The molecule has 0 N–H and O–H groups in total. The average Bonchev–Trinajstić information content (AvgIpc) is 3.36. The molecule has 1 heterocycles. The number of aryl methyl sites for hydroxylation is 2. The number of rotatable bonds is 6. The monoisotopic (exact) mass is 354 g/mol. The Morgan fingerprint density at radius 3 is 2.56 bits per heavy atom. The van der Waals surface area contributed by atoms with Gasteiger partial charge in [-0.2, -0.15) is 0 Å². The van der Waals surface area contributed by atoms with Gasteiger partial charge in [0.1, 0.15) is 12.4 Å². The summed E-state index contributed by atoms with van der Waals surface area (Å²) in [6.07, 6.45) is 2.61. The van der Waals surface area contributed by atoms with E-state index in [4.69, 9.17) is 21.3 Å². The SMILES string of the molecule is Cc1cc2nc(COCC3CC3)n(Cc3ccc(Cl)cc3)c2cc1C. The first-order chi connectivity index (χ1) is 12.1. The van der Waals surface area contributed by atoms with Crippen LogP contribution in [0.15, 0.2) is 36.4 Å². The lowest BCUT2D eigenvalue weighted by Crippen LogP contribution is -2.08. The molecule has 1 saturated carbocycles. The molecule has 25 heavy (non-hydrogen) atoms. The van der Waals surface area contributed by atoms with Crippen LogP contribution in [0.25, 0.3) is 11.0 Å². The van der Waals surface area contributed by atoms with Crippen molar-refractivity contribution in [2.45, 2.75) is 39.8 Å². The summed E-state index contributed by atoms with van der Waals surface area (Å²) in [7, 11) is 0. The van der Waals surface area contributed by atoms with Crippen molar-refractivity contribution in [1.29, 1.82) is 0 Å². The van der Waals surface area contributed by atoms with E-state index in [1.807, 2.05) is 12.1 Å². The van der Waals surface area contributed by atoms with Crippen LogP contribution < -0.4 is 0 Å². The molecule has 1 aliphatic rings. The van der Waals surface area contributed by atoms with Crippen molar-refractivity contribution in [3.05, 3.63) is 63.9 Å². The molecule has 0 amide bonds. The molecule has 0 radical (unpaired) electrons. The number of nitrogens with zero attached hydrogens (tertiary/aromatic N) is 2. The predicted molar refractivity (Wildman–Crippen MR) is 102 cm³/mol. The Kier molecular flexibility index (Phi) is 4.53. The van der Waals surface area contributed by atoms with Crippen LogP contribution in [0.3, 0.4) is 0 Å². The largest absolute Gasteiger partial charge is 0.373 e. The predicted octanol–water partition coefficient (Wildman–Crippen LogP) is 5.28. The van der Waals surface area contributed by atoms with E-state index in [0.717, 1.165) is 35.4 Å². The van der Waals surface area contributed by atoms with Gasteiger partial charge in [-0.1, -0.05) is 23.7 Å². The van der Waals surface area contributed by atoms with Gasteiger partial charge in [0.05, 0.1) is 11.0 Å². The summed E-state index contributed by atoms with van der Waals surface area (Å²) < 4.78 is 8.20. The number of ether oxygens (including phenoxy) is 1. The highest BCUT2D eigenvalue weighted by Gasteiger charge is 2.22. The second-order valence-electron chi connectivity index (χ2n) is 7.12. The van der Waals surface area contributed by atoms with Crippen molar-refractivity contribution in [2.75, 3.05) is 6.61 Å². The highest BCUT2D eigenvalue weighted by Crippen LogP contribution is 2.29. The topological polar surface area (TPSA) is 27.1 Å². The lowest BCUT2D eigenvalue weighted by molar-refractivity contribution is 0.104. The van der Waals surface area contributed by atoms with E-state index in [1.54, 1.807) is 0 Å². The molecule has 1 aliphatic carbocycles. The molecular formula is C21H23ClN2O. The number of aromatic nitrogens is 2. The molecule has 1 aromatic heterocycles. The molecular weight excluding hydrogens is 332 g/mol. The van der Waals surface area contributed by atoms with Crippen LogP contribution >= 0.6 is 11.6 Å². The van der Waals surface area contributed by atoms with Gasteiger partial charge in [-0.25, -0.2) is 4.98 Å². The van der Waals surface area contributed by atoms with Crippen molar-refractivity contribution in [1.82, 2.24) is 9.55 Å². The third-order valence-corrected chi connectivity index (χ3v) is 5.23. The summed E-state index contributed by atoms with van der Waals surface area (Å²) in [5.74, 6) is 1.76. The zero-order valence-corrected chi connectivity index (χ0v) is 15.5.